The van der Waals surface area contributed by atoms with Crippen LogP contribution in [-0.2, 0) is 0 Å². The number of aromatic nitrogens is 2. The fourth-order valence-electron chi connectivity index (χ4n) is 2.29. The maximum absolute atomic E-state index is 8.98. The molecule has 0 aliphatic heterocycles. The van der Waals surface area contributed by atoms with Crippen LogP contribution in [-0.4, -0.2) is 9.97 Å². The summed E-state index contributed by atoms with van der Waals surface area (Å²) in [4.78, 5) is 8.73. The SMILES string of the molecule is Cc1nc(Nc2ccc(C#N)cc2)cc(Nc2cccc(C#N)c2)n1. The molecule has 0 unspecified atom stereocenters. The lowest BCUT2D eigenvalue weighted by Gasteiger charge is -2.10. The van der Waals surface area contributed by atoms with Gasteiger partial charge < -0.3 is 10.6 Å². The van der Waals surface area contributed by atoms with Gasteiger partial charge in [0.2, 0.25) is 0 Å². The van der Waals surface area contributed by atoms with Gasteiger partial charge in [-0.15, -0.1) is 0 Å². The van der Waals surface area contributed by atoms with E-state index in [0.717, 1.165) is 11.4 Å². The molecule has 0 aliphatic rings. The van der Waals surface area contributed by atoms with Gasteiger partial charge in [0.25, 0.3) is 0 Å². The van der Waals surface area contributed by atoms with E-state index in [2.05, 4.69) is 32.7 Å². The second kappa shape index (κ2) is 7.12. The van der Waals surface area contributed by atoms with Gasteiger partial charge in [-0.3, -0.25) is 0 Å². The lowest BCUT2D eigenvalue weighted by molar-refractivity contribution is 1.06. The van der Waals surface area contributed by atoms with E-state index in [0.29, 0.717) is 28.6 Å². The topological polar surface area (TPSA) is 97.4 Å². The van der Waals surface area contributed by atoms with Crippen molar-refractivity contribution in [2.24, 2.45) is 0 Å². The van der Waals surface area contributed by atoms with Crippen molar-refractivity contribution in [3.63, 3.8) is 0 Å². The molecule has 0 aliphatic carbocycles. The second-order valence-corrected chi connectivity index (χ2v) is 5.32. The molecular weight excluding hydrogens is 312 g/mol. The maximum Gasteiger partial charge on any atom is 0.136 e. The molecule has 0 bridgehead atoms. The van der Waals surface area contributed by atoms with E-state index in [1.165, 1.54) is 0 Å². The number of hydrogen-bond donors (Lipinski definition) is 2. The molecule has 0 radical (unpaired) electrons. The number of rotatable bonds is 4. The Labute approximate surface area is 145 Å². The van der Waals surface area contributed by atoms with Gasteiger partial charge >= 0.3 is 0 Å². The number of nitriles is 2. The molecule has 0 amide bonds. The Morgan fingerprint density at radius 3 is 2.04 bits per heavy atom. The fraction of sp³-hybridized carbons (Fsp3) is 0.0526. The first-order chi connectivity index (χ1) is 12.2. The molecule has 0 fully saturated rings. The molecule has 1 aromatic heterocycles. The molecule has 120 valence electrons. The highest BCUT2D eigenvalue weighted by molar-refractivity contribution is 5.64. The van der Waals surface area contributed by atoms with Crippen molar-refractivity contribution in [2.75, 3.05) is 10.6 Å². The van der Waals surface area contributed by atoms with Crippen LogP contribution in [0.5, 0.6) is 0 Å². The first-order valence-corrected chi connectivity index (χ1v) is 7.56. The first kappa shape index (κ1) is 16.0. The third-order valence-electron chi connectivity index (χ3n) is 3.39. The Morgan fingerprint density at radius 2 is 1.40 bits per heavy atom. The third-order valence-corrected chi connectivity index (χ3v) is 3.39. The summed E-state index contributed by atoms with van der Waals surface area (Å²) in [6.07, 6.45) is 0. The minimum Gasteiger partial charge on any atom is -0.340 e. The van der Waals surface area contributed by atoms with E-state index in [1.807, 2.05) is 24.3 Å². The molecule has 0 saturated heterocycles. The Bertz CT molecular complexity index is 980. The van der Waals surface area contributed by atoms with Gasteiger partial charge in [0.1, 0.15) is 17.5 Å². The van der Waals surface area contributed by atoms with Crippen molar-refractivity contribution in [1.82, 2.24) is 9.97 Å². The predicted octanol–water partition coefficient (Wildman–Crippen LogP) is 4.02. The number of hydrogen-bond acceptors (Lipinski definition) is 6. The van der Waals surface area contributed by atoms with Gasteiger partial charge in [0.15, 0.2) is 0 Å². The fourth-order valence-corrected chi connectivity index (χ4v) is 2.29. The highest BCUT2D eigenvalue weighted by Crippen LogP contribution is 2.21. The van der Waals surface area contributed by atoms with Crippen LogP contribution in [0.2, 0.25) is 0 Å². The molecule has 6 heteroatoms. The molecular formula is C19H14N6. The average molecular weight is 326 g/mol. The van der Waals surface area contributed by atoms with Crippen LogP contribution in [0.3, 0.4) is 0 Å². The summed E-state index contributed by atoms with van der Waals surface area (Å²) in [5.41, 5.74) is 2.78. The van der Waals surface area contributed by atoms with Gasteiger partial charge in [0, 0.05) is 17.4 Å². The van der Waals surface area contributed by atoms with Crippen molar-refractivity contribution < 1.29 is 0 Å². The van der Waals surface area contributed by atoms with E-state index in [9.17, 15) is 0 Å². The third kappa shape index (κ3) is 4.10. The predicted molar refractivity (Wildman–Crippen MR) is 95.6 cm³/mol. The smallest absolute Gasteiger partial charge is 0.136 e. The normalized spacial score (nSPS) is 9.72. The summed E-state index contributed by atoms with van der Waals surface area (Å²) in [5.74, 6) is 1.87. The van der Waals surface area contributed by atoms with Crippen LogP contribution >= 0.6 is 0 Å². The lowest BCUT2D eigenvalue weighted by Crippen LogP contribution is -2.01. The van der Waals surface area contributed by atoms with Crippen molar-refractivity contribution >= 4 is 23.0 Å². The van der Waals surface area contributed by atoms with Gasteiger partial charge in [-0.05, 0) is 49.4 Å². The average Bonchev–Trinajstić information content (AvgIpc) is 2.62. The van der Waals surface area contributed by atoms with Crippen LogP contribution in [0.4, 0.5) is 23.0 Å². The van der Waals surface area contributed by atoms with Gasteiger partial charge in [0.05, 0.1) is 23.3 Å². The minimum absolute atomic E-state index is 0.576. The number of benzene rings is 2. The highest BCUT2D eigenvalue weighted by Gasteiger charge is 2.04. The Kier molecular flexibility index (Phi) is 4.55. The first-order valence-electron chi connectivity index (χ1n) is 7.56. The molecule has 2 N–H and O–H groups in total. The van der Waals surface area contributed by atoms with Crippen LogP contribution in [0.1, 0.15) is 17.0 Å². The molecule has 0 spiro atoms. The highest BCUT2D eigenvalue weighted by atomic mass is 15.1. The summed E-state index contributed by atoms with van der Waals surface area (Å²) in [5, 5.41) is 24.2. The molecule has 3 rings (SSSR count). The van der Waals surface area contributed by atoms with Crippen molar-refractivity contribution in [3.05, 3.63) is 71.5 Å². The minimum atomic E-state index is 0.576. The van der Waals surface area contributed by atoms with E-state index < -0.39 is 0 Å². The Hall–Kier alpha value is -3.90. The zero-order valence-electron chi connectivity index (χ0n) is 13.5. The van der Waals surface area contributed by atoms with Gasteiger partial charge in [-0.1, -0.05) is 6.07 Å². The van der Waals surface area contributed by atoms with E-state index >= 15 is 0 Å². The van der Waals surface area contributed by atoms with Crippen LogP contribution in [0, 0.1) is 29.6 Å². The van der Waals surface area contributed by atoms with Gasteiger partial charge in [-0.25, -0.2) is 9.97 Å². The maximum atomic E-state index is 8.98. The number of anilines is 4. The summed E-state index contributed by atoms with van der Waals surface area (Å²) in [6, 6.07) is 20.3. The number of aryl methyl sites for hydroxylation is 1. The molecule has 6 nitrogen and oxygen atoms in total. The zero-order chi connectivity index (χ0) is 17.6. The van der Waals surface area contributed by atoms with E-state index in [1.54, 1.807) is 37.3 Å². The van der Waals surface area contributed by atoms with Crippen molar-refractivity contribution in [2.45, 2.75) is 6.92 Å². The number of nitrogens with zero attached hydrogens (tertiary/aromatic N) is 4. The van der Waals surface area contributed by atoms with Crippen LogP contribution in [0.15, 0.2) is 54.6 Å². The Morgan fingerprint density at radius 1 is 0.760 bits per heavy atom. The van der Waals surface area contributed by atoms with Crippen LogP contribution < -0.4 is 10.6 Å². The molecule has 0 atom stereocenters. The molecule has 1 heterocycles. The quantitative estimate of drug-likeness (QED) is 0.751. The largest absolute Gasteiger partial charge is 0.340 e. The monoisotopic (exact) mass is 326 g/mol. The van der Waals surface area contributed by atoms with Gasteiger partial charge in [-0.2, -0.15) is 10.5 Å². The van der Waals surface area contributed by atoms with Crippen molar-refractivity contribution in [3.8, 4) is 12.1 Å². The molecule has 25 heavy (non-hydrogen) atoms. The van der Waals surface area contributed by atoms with E-state index in [-0.39, 0.29) is 0 Å². The summed E-state index contributed by atoms with van der Waals surface area (Å²) in [7, 11) is 0. The van der Waals surface area contributed by atoms with Crippen molar-refractivity contribution in [1.29, 1.82) is 10.5 Å². The molecule has 0 saturated carbocycles. The summed E-state index contributed by atoms with van der Waals surface area (Å²) < 4.78 is 0. The second-order valence-electron chi connectivity index (χ2n) is 5.32. The number of nitrogens with one attached hydrogen (secondary N) is 2. The summed E-state index contributed by atoms with van der Waals surface area (Å²) >= 11 is 0. The van der Waals surface area contributed by atoms with Crippen LogP contribution in [0.25, 0.3) is 0 Å². The summed E-state index contributed by atoms with van der Waals surface area (Å²) in [6.45, 7) is 1.81. The molecule has 2 aromatic carbocycles. The lowest BCUT2D eigenvalue weighted by atomic mass is 10.2. The standard InChI is InChI=1S/C19H14N6/c1-13-22-18(24-16-7-5-14(11-20)6-8-16)10-19(23-13)25-17-4-2-3-15(9-17)12-21/h2-10H,1H3,(H2,22,23,24,25). The van der Waals surface area contributed by atoms with E-state index in [4.69, 9.17) is 10.5 Å². The Balaban J connectivity index is 1.82. The zero-order valence-corrected chi connectivity index (χ0v) is 13.5. The molecule has 3 aromatic rings.